The van der Waals surface area contributed by atoms with Crippen LogP contribution in [0.4, 0.5) is 8.78 Å². The zero-order valence-electron chi connectivity index (χ0n) is 8.39. The van der Waals surface area contributed by atoms with Gasteiger partial charge in [-0.25, -0.2) is 13.6 Å². The Hall–Kier alpha value is -1.80. The van der Waals surface area contributed by atoms with Crippen molar-refractivity contribution in [3.63, 3.8) is 0 Å². The van der Waals surface area contributed by atoms with Crippen LogP contribution < -0.4 is 11.2 Å². The summed E-state index contributed by atoms with van der Waals surface area (Å²) in [6, 6.07) is 0.974. The first kappa shape index (κ1) is 11.7. The van der Waals surface area contributed by atoms with Gasteiger partial charge in [0.1, 0.15) is 6.10 Å². The molecule has 8 heteroatoms. The summed E-state index contributed by atoms with van der Waals surface area (Å²) in [5, 5.41) is 8.72. The molecule has 0 saturated carbocycles. The molecule has 0 fully saturated rings. The molecule has 1 aromatic rings. The quantitative estimate of drug-likeness (QED) is 0.742. The maximum atomic E-state index is 13.4. The molecule has 1 aliphatic rings. The Bertz CT molecular complexity index is 577. The average molecular weight is 246 g/mol. The number of aliphatic hydroxyl groups is 1. The van der Waals surface area contributed by atoms with E-state index < -0.39 is 41.8 Å². The minimum atomic E-state index is -1.60. The number of hydrogen-bond acceptors (Lipinski definition) is 4. The average Bonchev–Trinajstić information content (AvgIpc) is 2.57. The van der Waals surface area contributed by atoms with Gasteiger partial charge in [-0.2, -0.15) is 0 Å². The summed E-state index contributed by atoms with van der Waals surface area (Å²) < 4.78 is 32.1. The van der Waals surface area contributed by atoms with E-state index in [1.165, 1.54) is 0 Å². The fraction of sp³-hybridized carbons (Fsp3) is 0.333. The van der Waals surface area contributed by atoms with E-state index >= 15 is 0 Å². The minimum Gasteiger partial charge on any atom is -0.393 e. The highest BCUT2D eigenvalue weighted by Gasteiger charge is 2.37. The largest absolute Gasteiger partial charge is 0.393 e. The van der Waals surface area contributed by atoms with E-state index in [4.69, 9.17) is 9.84 Å². The fourth-order valence-electron chi connectivity index (χ4n) is 1.47. The lowest BCUT2D eigenvalue weighted by Crippen LogP contribution is -2.32. The number of aliphatic hydroxyl groups excluding tert-OH is 1. The highest BCUT2D eigenvalue weighted by atomic mass is 19.2. The van der Waals surface area contributed by atoms with Crippen LogP contribution in [0.2, 0.25) is 0 Å². The van der Waals surface area contributed by atoms with Crippen molar-refractivity contribution < 1.29 is 18.6 Å². The van der Waals surface area contributed by atoms with Crippen molar-refractivity contribution in [2.45, 2.75) is 12.3 Å². The monoisotopic (exact) mass is 246 g/mol. The molecule has 17 heavy (non-hydrogen) atoms. The van der Waals surface area contributed by atoms with Gasteiger partial charge >= 0.3 is 5.69 Å². The van der Waals surface area contributed by atoms with E-state index in [1.807, 2.05) is 4.98 Å². The molecule has 6 nitrogen and oxygen atoms in total. The van der Waals surface area contributed by atoms with E-state index in [-0.39, 0.29) is 0 Å². The third-order valence-corrected chi connectivity index (χ3v) is 2.29. The van der Waals surface area contributed by atoms with Crippen LogP contribution in [0, 0.1) is 0 Å². The Morgan fingerprint density at radius 2 is 2.12 bits per heavy atom. The molecule has 1 aliphatic heterocycles. The van der Waals surface area contributed by atoms with Crippen molar-refractivity contribution in [1.29, 1.82) is 0 Å². The molecule has 2 N–H and O–H groups in total. The number of nitrogens with zero attached hydrogens (tertiary/aromatic N) is 1. The Kier molecular flexibility index (Phi) is 2.90. The first-order chi connectivity index (χ1) is 8.04. The SMILES string of the molecule is O=c1ccn([C@@H]2O[C@H](CO)C(F)=C2F)c(=O)[nH]1. The lowest BCUT2D eigenvalue weighted by Gasteiger charge is -2.14. The van der Waals surface area contributed by atoms with Gasteiger partial charge < -0.3 is 9.84 Å². The van der Waals surface area contributed by atoms with Crippen LogP contribution in [0.3, 0.4) is 0 Å². The van der Waals surface area contributed by atoms with Crippen LogP contribution in [0.5, 0.6) is 0 Å². The molecule has 2 heterocycles. The Labute approximate surface area is 92.8 Å². The number of ether oxygens (including phenoxy) is 1. The number of aromatic nitrogens is 2. The third kappa shape index (κ3) is 1.92. The van der Waals surface area contributed by atoms with Crippen molar-refractivity contribution in [2.24, 2.45) is 0 Å². The molecule has 0 unspecified atom stereocenters. The second-order valence-corrected chi connectivity index (χ2v) is 3.37. The van der Waals surface area contributed by atoms with E-state index in [9.17, 15) is 18.4 Å². The predicted molar refractivity (Wildman–Crippen MR) is 51.6 cm³/mol. The van der Waals surface area contributed by atoms with E-state index in [0.717, 1.165) is 12.3 Å². The molecular formula is C9H8F2N2O4. The normalized spacial score (nSPS) is 24.4. The lowest BCUT2D eigenvalue weighted by atomic mass is 10.3. The molecule has 1 aromatic heterocycles. The summed E-state index contributed by atoms with van der Waals surface area (Å²) in [6.45, 7) is -0.742. The van der Waals surface area contributed by atoms with Gasteiger partial charge in [0.15, 0.2) is 17.9 Å². The van der Waals surface area contributed by atoms with Gasteiger partial charge in [0, 0.05) is 12.3 Å². The van der Waals surface area contributed by atoms with Crippen molar-refractivity contribution in [1.82, 2.24) is 9.55 Å². The summed E-state index contributed by atoms with van der Waals surface area (Å²) in [5.74, 6) is -2.55. The molecule has 0 radical (unpaired) electrons. The number of H-pyrrole nitrogens is 1. The maximum Gasteiger partial charge on any atom is 0.330 e. The van der Waals surface area contributed by atoms with Gasteiger partial charge in [0.25, 0.3) is 5.56 Å². The predicted octanol–water partition coefficient (Wildman–Crippen LogP) is -0.423. The van der Waals surface area contributed by atoms with Crippen LogP contribution in [0.25, 0.3) is 0 Å². The first-order valence-electron chi connectivity index (χ1n) is 4.67. The Morgan fingerprint density at radius 3 is 2.65 bits per heavy atom. The van der Waals surface area contributed by atoms with E-state index in [0.29, 0.717) is 4.57 Å². The second kappa shape index (κ2) is 4.22. The van der Waals surface area contributed by atoms with Crippen LogP contribution >= 0.6 is 0 Å². The van der Waals surface area contributed by atoms with Gasteiger partial charge in [-0.3, -0.25) is 14.3 Å². The first-order valence-corrected chi connectivity index (χ1v) is 4.67. The van der Waals surface area contributed by atoms with Crippen LogP contribution in [-0.4, -0.2) is 27.4 Å². The van der Waals surface area contributed by atoms with Gasteiger partial charge in [0.05, 0.1) is 6.61 Å². The highest BCUT2D eigenvalue weighted by molar-refractivity contribution is 5.14. The molecule has 0 bridgehead atoms. The molecule has 0 aliphatic carbocycles. The van der Waals surface area contributed by atoms with E-state index in [1.54, 1.807) is 0 Å². The maximum absolute atomic E-state index is 13.4. The van der Waals surface area contributed by atoms with Crippen LogP contribution in [0.1, 0.15) is 6.23 Å². The zero-order chi connectivity index (χ0) is 12.6. The number of hydrogen-bond donors (Lipinski definition) is 2. The number of halogens is 2. The Morgan fingerprint density at radius 1 is 1.41 bits per heavy atom. The van der Waals surface area contributed by atoms with Gasteiger partial charge in [0.2, 0.25) is 0 Å². The topological polar surface area (TPSA) is 84.3 Å². The van der Waals surface area contributed by atoms with Crippen molar-refractivity contribution in [2.75, 3.05) is 6.61 Å². The molecule has 0 aromatic carbocycles. The lowest BCUT2D eigenvalue weighted by molar-refractivity contribution is -0.0287. The summed E-state index contributed by atoms with van der Waals surface area (Å²) in [4.78, 5) is 24.0. The molecule has 2 atom stereocenters. The second-order valence-electron chi connectivity index (χ2n) is 3.37. The minimum absolute atomic E-state index is 0.659. The fourth-order valence-corrected chi connectivity index (χ4v) is 1.47. The summed E-state index contributed by atoms with van der Waals surface area (Å²) in [6.07, 6.45) is -2.05. The van der Waals surface area contributed by atoms with Crippen LogP contribution in [0.15, 0.2) is 33.5 Å². The number of rotatable bonds is 2. The number of aromatic amines is 1. The Balaban J connectivity index is 2.44. The molecule has 0 spiro atoms. The third-order valence-electron chi connectivity index (χ3n) is 2.29. The van der Waals surface area contributed by atoms with Gasteiger partial charge in [-0.1, -0.05) is 0 Å². The zero-order valence-corrected chi connectivity index (χ0v) is 8.39. The molecule has 2 rings (SSSR count). The summed E-state index contributed by atoms with van der Waals surface area (Å²) in [7, 11) is 0. The summed E-state index contributed by atoms with van der Waals surface area (Å²) in [5.41, 5.74) is -1.59. The highest BCUT2D eigenvalue weighted by Crippen LogP contribution is 2.34. The van der Waals surface area contributed by atoms with E-state index in [2.05, 4.69) is 0 Å². The van der Waals surface area contributed by atoms with Crippen molar-refractivity contribution in [3.8, 4) is 0 Å². The number of nitrogens with one attached hydrogen (secondary N) is 1. The van der Waals surface area contributed by atoms with Gasteiger partial charge in [-0.15, -0.1) is 0 Å². The smallest absolute Gasteiger partial charge is 0.330 e. The molecule has 0 amide bonds. The standard InChI is InChI=1S/C9H8F2N2O4/c10-6-4(3-14)17-8(7(6)11)13-2-1-5(15)12-9(13)16/h1-2,4,8,14H,3H2,(H,12,15,16)/t4-,8-/m1/s1. The van der Waals surface area contributed by atoms with Gasteiger partial charge in [-0.05, 0) is 0 Å². The molecule has 0 saturated heterocycles. The van der Waals surface area contributed by atoms with Crippen molar-refractivity contribution >= 4 is 0 Å². The van der Waals surface area contributed by atoms with Crippen molar-refractivity contribution in [3.05, 3.63) is 44.8 Å². The molecule has 92 valence electrons. The molecular weight excluding hydrogens is 238 g/mol. The van der Waals surface area contributed by atoms with Crippen LogP contribution in [-0.2, 0) is 4.74 Å². The summed E-state index contributed by atoms with van der Waals surface area (Å²) >= 11 is 0.